The van der Waals surface area contributed by atoms with E-state index < -0.39 is 11.9 Å². The molecule has 0 radical (unpaired) electrons. The van der Waals surface area contributed by atoms with Gasteiger partial charge in [0.05, 0.1) is 17.9 Å². The van der Waals surface area contributed by atoms with Crippen molar-refractivity contribution in [1.82, 2.24) is 0 Å². The van der Waals surface area contributed by atoms with Gasteiger partial charge in [0.15, 0.2) is 5.78 Å². The van der Waals surface area contributed by atoms with E-state index in [0.717, 1.165) is 10.6 Å². The molecule has 4 aromatic carbocycles. The summed E-state index contributed by atoms with van der Waals surface area (Å²) in [5, 5.41) is 13.5. The number of carboxylic acid groups (broad SMARTS) is 1. The van der Waals surface area contributed by atoms with E-state index in [2.05, 4.69) is 5.32 Å². The van der Waals surface area contributed by atoms with Crippen LogP contribution in [-0.4, -0.2) is 35.1 Å². The molecule has 1 amide bonds. The largest absolute Gasteiger partial charge is 0.494 e. The Balaban J connectivity index is 1.41. The predicted octanol–water partition coefficient (Wildman–Crippen LogP) is 6.16. The van der Waals surface area contributed by atoms with E-state index in [9.17, 15) is 19.5 Å². The maximum atomic E-state index is 13.0. The number of rotatable bonds is 9. The van der Waals surface area contributed by atoms with E-state index >= 15 is 0 Å². The molecule has 0 spiro atoms. The highest BCUT2D eigenvalue weighted by atomic mass is 32.2. The molecule has 0 aliphatic heterocycles. The smallest absolute Gasteiger partial charge is 0.336 e. The summed E-state index contributed by atoms with van der Waals surface area (Å²) in [5.74, 6) is -0.446. The third-order valence-electron chi connectivity index (χ3n) is 5.35. The van der Waals surface area contributed by atoms with Crippen molar-refractivity contribution in [1.29, 1.82) is 0 Å². The summed E-state index contributed by atoms with van der Waals surface area (Å²) in [5.41, 5.74) is 1.57. The lowest BCUT2D eigenvalue weighted by Gasteiger charge is -2.11. The average Bonchev–Trinajstić information content (AvgIpc) is 2.88. The fourth-order valence-corrected chi connectivity index (χ4v) is 4.47. The number of Topliss-reactive ketones (excluding diaryl/α,β-unsaturated/α-hetero) is 1. The van der Waals surface area contributed by atoms with Crippen LogP contribution in [0.15, 0.2) is 89.8 Å². The highest BCUT2D eigenvalue weighted by Crippen LogP contribution is 2.26. The van der Waals surface area contributed by atoms with Gasteiger partial charge in [-0.25, -0.2) is 4.79 Å². The van der Waals surface area contributed by atoms with Gasteiger partial charge in [0, 0.05) is 27.1 Å². The van der Waals surface area contributed by atoms with E-state index in [-0.39, 0.29) is 17.1 Å². The number of carbonyl (C=O) groups is 3. The maximum Gasteiger partial charge on any atom is 0.336 e. The topological polar surface area (TPSA) is 92.7 Å². The normalized spacial score (nSPS) is 10.7. The van der Waals surface area contributed by atoms with Crippen LogP contribution in [0.1, 0.15) is 38.0 Å². The zero-order valence-electron chi connectivity index (χ0n) is 19.0. The highest BCUT2D eigenvalue weighted by Gasteiger charge is 2.16. The van der Waals surface area contributed by atoms with Crippen molar-refractivity contribution in [2.24, 2.45) is 0 Å². The number of hydrogen-bond acceptors (Lipinski definition) is 5. The fraction of sp³-hybridized carbons (Fsp3) is 0.107. The Hall–Kier alpha value is -4.10. The quantitative estimate of drug-likeness (QED) is 0.218. The molecular formula is C28H23NO5S. The third kappa shape index (κ3) is 5.70. The van der Waals surface area contributed by atoms with E-state index in [1.54, 1.807) is 66.7 Å². The number of fused-ring (bicyclic) bond motifs is 1. The number of nitrogens with one attached hydrogen (secondary N) is 1. The first-order valence-corrected chi connectivity index (χ1v) is 12.0. The predicted molar refractivity (Wildman–Crippen MR) is 138 cm³/mol. The number of anilines is 1. The fourth-order valence-electron chi connectivity index (χ4n) is 3.68. The second-order valence-corrected chi connectivity index (χ2v) is 8.71. The molecule has 0 atom stereocenters. The number of benzene rings is 4. The number of carboxylic acids is 1. The van der Waals surface area contributed by atoms with Crippen LogP contribution in [0, 0.1) is 0 Å². The molecular weight excluding hydrogens is 462 g/mol. The van der Waals surface area contributed by atoms with Crippen LogP contribution in [0.4, 0.5) is 5.69 Å². The van der Waals surface area contributed by atoms with Gasteiger partial charge in [0.25, 0.3) is 5.91 Å². The van der Waals surface area contributed by atoms with E-state index in [1.165, 1.54) is 17.8 Å². The van der Waals surface area contributed by atoms with Gasteiger partial charge in [0.1, 0.15) is 5.75 Å². The van der Waals surface area contributed by atoms with E-state index in [1.807, 2.05) is 19.1 Å². The number of ether oxygens (including phenoxy) is 1. The number of carbonyl (C=O) groups excluding carboxylic acids is 2. The molecule has 7 heteroatoms. The lowest BCUT2D eigenvalue weighted by Crippen LogP contribution is -2.13. The molecule has 4 rings (SSSR count). The summed E-state index contributed by atoms with van der Waals surface area (Å²) in [6.45, 7) is 2.48. The summed E-state index contributed by atoms with van der Waals surface area (Å²) in [6, 6.07) is 24.3. The van der Waals surface area contributed by atoms with Crippen molar-refractivity contribution in [3.05, 3.63) is 102 Å². The Kier molecular flexibility index (Phi) is 7.48. The van der Waals surface area contributed by atoms with Crippen molar-refractivity contribution in [3.8, 4) is 5.75 Å². The Morgan fingerprint density at radius 2 is 1.51 bits per heavy atom. The molecule has 176 valence electrons. The van der Waals surface area contributed by atoms with Crippen molar-refractivity contribution in [2.75, 3.05) is 17.7 Å². The van der Waals surface area contributed by atoms with Gasteiger partial charge < -0.3 is 15.2 Å². The lowest BCUT2D eigenvalue weighted by molar-refractivity contribution is 0.0698. The Bertz CT molecular complexity index is 1380. The molecule has 0 aromatic heterocycles. The molecule has 0 unspecified atom stereocenters. The number of hydrogen-bond donors (Lipinski definition) is 2. The van der Waals surface area contributed by atoms with Gasteiger partial charge >= 0.3 is 5.97 Å². The minimum absolute atomic E-state index is 0.0145. The minimum atomic E-state index is -1.09. The Morgan fingerprint density at radius 1 is 0.857 bits per heavy atom. The summed E-state index contributed by atoms with van der Waals surface area (Å²) in [4.78, 5) is 38.0. The Labute approximate surface area is 206 Å². The molecule has 0 bridgehead atoms. The van der Waals surface area contributed by atoms with E-state index in [4.69, 9.17) is 4.74 Å². The van der Waals surface area contributed by atoms with Crippen LogP contribution >= 0.6 is 11.8 Å². The molecule has 35 heavy (non-hydrogen) atoms. The SMILES string of the molecule is CCOc1ccc(C(=O)CSc2ccc(NC(=O)c3cccc4cccc(C(=O)O)c34)cc2)cc1. The molecule has 0 heterocycles. The molecule has 0 aliphatic rings. The molecule has 0 saturated heterocycles. The lowest BCUT2D eigenvalue weighted by atomic mass is 9.98. The number of thioether (sulfide) groups is 1. The van der Waals surface area contributed by atoms with Crippen LogP contribution in [0.5, 0.6) is 5.75 Å². The van der Waals surface area contributed by atoms with Crippen molar-refractivity contribution >= 4 is 45.9 Å². The molecule has 4 aromatic rings. The third-order valence-corrected chi connectivity index (χ3v) is 6.36. The van der Waals surface area contributed by atoms with Gasteiger partial charge in [-0.1, -0.05) is 24.3 Å². The van der Waals surface area contributed by atoms with Crippen LogP contribution in [0.2, 0.25) is 0 Å². The number of ketones is 1. The van der Waals surface area contributed by atoms with Gasteiger partial charge in [0.2, 0.25) is 0 Å². The highest BCUT2D eigenvalue weighted by molar-refractivity contribution is 8.00. The number of amides is 1. The molecule has 0 saturated carbocycles. The first-order chi connectivity index (χ1) is 17.0. The monoisotopic (exact) mass is 485 g/mol. The van der Waals surface area contributed by atoms with E-state index in [0.29, 0.717) is 34.2 Å². The second-order valence-electron chi connectivity index (χ2n) is 7.66. The average molecular weight is 486 g/mol. The Morgan fingerprint density at radius 3 is 2.14 bits per heavy atom. The van der Waals surface area contributed by atoms with Gasteiger partial charge in [-0.05, 0) is 73.0 Å². The summed E-state index contributed by atoms with van der Waals surface area (Å²) < 4.78 is 5.40. The van der Waals surface area contributed by atoms with Crippen LogP contribution in [-0.2, 0) is 0 Å². The van der Waals surface area contributed by atoms with Crippen LogP contribution < -0.4 is 10.1 Å². The zero-order chi connectivity index (χ0) is 24.8. The first-order valence-electron chi connectivity index (χ1n) is 11.0. The first kappa shape index (κ1) is 24.0. The van der Waals surface area contributed by atoms with Gasteiger partial charge in [-0.3, -0.25) is 9.59 Å². The van der Waals surface area contributed by atoms with Gasteiger partial charge in [-0.2, -0.15) is 0 Å². The minimum Gasteiger partial charge on any atom is -0.494 e. The van der Waals surface area contributed by atoms with Crippen molar-refractivity contribution in [2.45, 2.75) is 11.8 Å². The van der Waals surface area contributed by atoms with Crippen LogP contribution in [0.25, 0.3) is 10.8 Å². The molecule has 6 nitrogen and oxygen atoms in total. The standard InChI is InChI=1S/C28H23NO5S/c1-2-34-21-13-9-18(10-14-21)25(30)17-35-22-15-11-20(12-16-22)29-27(31)23-7-3-5-19-6-4-8-24(26(19)23)28(32)33/h3-16H,2,17H2,1H3,(H,29,31)(H,32,33). The van der Waals surface area contributed by atoms with Gasteiger partial charge in [-0.15, -0.1) is 11.8 Å². The number of aromatic carboxylic acids is 1. The molecule has 0 fully saturated rings. The molecule has 0 aliphatic carbocycles. The van der Waals surface area contributed by atoms with Crippen molar-refractivity contribution in [3.63, 3.8) is 0 Å². The maximum absolute atomic E-state index is 13.0. The zero-order valence-corrected chi connectivity index (χ0v) is 19.8. The summed E-state index contributed by atoms with van der Waals surface area (Å²) >= 11 is 1.41. The summed E-state index contributed by atoms with van der Waals surface area (Å²) in [6.07, 6.45) is 0. The summed E-state index contributed by atoms with van der Waals surface area (Å²) in [7, 11) is 0. The second kappa shape index (κ2) is 10.9. The van der Waals surface area contributed by atoms with Crippen molar-refractivity contribution < 1.29 is 24.2 Å². The van der Waals surface area contributed by atoms with Crippen LogP contribution in [0.3, 0.4) is 0 Å². The molecule has 2 N–H and O–H groups in total.